The van der Waals surface area contributed by atoms with Crippen LogP contribution in [0.3, 0.4) is 0 Å². The van der Waals surface area contributed by atoms with E-state index in [4.69, 9.17) is 5.53 Å². The molecule has 0 aliphatic carbocycles. The zero-order valence-corrected chi connectivity index (χ0v) is 9.26. The fraction of sp³-hybridized carbons (Fsp3) is 0.900. The van der Waals surface area contributed by atoms with Gasteiger partial charge in [0.25, 0.3) is 0 Å². The highest BCUT2D eigenvalue weighted by molar-refractivity contribution is 5.15. The molecular weight excluding hydrogens is 204 g/mol. The number of fused-ring (bicyclic) bond motifs is 2. The summed E-state index contributed by atoms with van der Waals surface area (Å²) in [6.07, 6.45) is 1.98. The summed E-state index contributed by atoms with van der Waals surface area (Å²) in [5, 5.41) is 16.2. The average molecular weight is 220 g/mol. The third kappa shape index (κ3) is 1.98. The van der Waals surface area contributed by atoms with Crippen LogP contribution in [0.25, 0.3) is 10.4 Å². The summed E-state index contributed by atoms with van der Waals surface area (Å²) in [7, 11) is 0. The first kappa shape index (κ1) is 11.2. The van der Waals surface area contributed by atoms with E-state index in [9.17, 15) is 5.26 Å². The molecule has 3 atom stereocenters. The van der Waals surface area contributed by atoms with Crippen molar-refractivity contribution >= 4 is 0 Å². The predicted octanol–water partition coefficient (Wildman–Crippen LogP) is 0.874. The standard InChI is InChI=1S/C10H16N6/c11-8-10(13-3-4-14-15-12)2-6-16-5-1-9(10)7-16/h9,13H,1-7H2. The molecular formula is C10H16N6. The van der Waals surface area contributed by atoms with E-state index in [-0.39, 0.29) is 0 Å². The molecule has 16 heavy (non-hydrogen) atoms. The van der Waals surface area contributed by atoms with Crippen molar-refractivity contribution in [3.05, 3.63) is 10.4 Å². The number of hydrogen-bond acceptors (Lipinski definition) is 4. The van der Waals surface area contributed by atoms with Crippen LogP contribution in [0.1, 0.15) is 12.8 Å². The van der Waals surface area contributed by atoms with Gasteiger partial charge in [-0.15, -0.1) is 0 Å². The SMILES string of the molecule is N#CC1(NCCN=[N+]=[N-])CCN2CCC1C2. The van der Waals surface area contributed by atoms with Gasteiger partial charge in [-0.05, 0) is 24.9 Å². The number of hydrogen-bond donors (Lipinski definition) is 1. The second kappa shape index (κ2) is 4.71. The second-order valence-corrected chi connectivity index (χ2v) is 4.50. The Morgan fingerprint density at radius 3 is 3.25 bits per heavy atom. The molecule has 2 rings (SSSR count). The van der Waals surface area contributed by atoms with Crippen LogP contribution in [0.4, 0.5) is 0 Å². The fourth-order valence-corrected chi connectivity index (χ4v) is 2.77. The first-order chi connectivity index (χ1) is 7.80. The molecule has 0 radical (unpaired) electrons. The Balaban J connectivity index is 1.96. The fourth-order valence-electron chi connectivity index (χ4n) is 2.77. The number of nitrogens with one attached hydrogen (secondary N) is 1. The molecule has 6 nitrogen and oxygen atoms in total. The molecule has 2 aliphatic rings. The minimum atomic E-state index is -0.391. The molecule has 2 aliphatic heterocycles. The maximum absolute atomic E-state index is 9.38. The highest BCUT2D eigenvalue weighted by atomic mass is 15.2. The molecule has 0 saturated carbocycles. The third-order valence-corrected chi connectivity index (χ3v) is 3.71. The van der Waals surface area contributed by atoms with Gasteiger partial charge < -0.3 is 4.90 Å². The Morgan fingerprint density at radius 2 is 2.50 bits per heavy atom. The summed E-state index contributed by atoms with van der Waals surface area (Å²) in [6, 6.07) is 2.45. The Morgan fingerprint density at radius 1 is 1.62 bits per heavy atom. The molecule has 0 aromatic rings. The lowest BCUT2D eigenvalue weighted by Gasteiger charge is -2.38. The van der Waals surface area contributed by atoms with Crippen LogP contribution < -0.4 is 5.32 Å². The van der Waals surface area contributed by atoms with Gasteiger partial charge in [0.1, 0.15) is 5.54 Å². The van der Waals surface area contributed by atoms with Gasteiger partial charge >= 0.3 is 0 Å². The van der Waals surface area contributed by atoms with Crippen LogP contribution in [0.5, 0.6) is 0 Å². The van der Waals surface area contributed by atoms with Gasteiger partial charge in [0, 0.05) is 37.0 Å². The number of piperidine rings is 1. The Hall–Kier alpha value is -1.28. The molecule has 0 amide bonds. The van der Waals surface area contributed by atoms with E-state index < -0.39 is 5.54 Å². The molecule has 0 aromatic heterocycles. The quantitative estimate of drug-likeness (QED) is 0.330. The van der Waals surface area contributed by atoms with Crippen molar-refractivity contribution in [2.75, 3.05) is 32.7 Å². The molecule has 1 N–H and O–H groups in total. The van der Waals surface area contributed by atoms with Crippen molar-refractivity contribution in [1.82, 2.24) is 10.2 Å². The Kier molecular flexibility index (Phi) is 3.30. The van der Waals surface area contributed by atoms with E-state index in [1.165, 1.54) is 0 Å². The van der Waals surface area contributed by atoms with Crippen LogP contribution >= 0.6 is 0 Å². The predicted molar refractivity (Wildman–Crippen MR) is 59.5 cm³/mol. The van der Waals surface area contributed by atoms with Crippen molar-refractivity contribution in [3.63, 3.8) is 0 Å². The maximum atomic E-state index is 9.38. The normalized spacial score (nSPS) is 36.4. The van der Waals surface area contributed by atoms with E-state index in [0.29, 0.717) is 19.0 Å². The second-order valence-electron chi connectivity index (χ2n) is 4.50. The van der Waals surface area contributed by atoms with E-state index in [0.717, 1.165) is 32.5 Å². The Labute approximate surface area is 94.8 Å². The van der Waals surface area contributed by atoms with Gasteiger partial charge in [0.2, 0.25) is 0 Å². The van der Waals surface area contributed by atoms with Gasteiger partial charge in [0.15, 0.2) is 0 Å². The number of nitrogens with zero attached hydrogens (tertiary/aromatic N) is 5. The number of nitriles is 1. The summed E-state index contributed by atoms with van der Waals surface area (Å²) in [6.45, 7) is 4.15. The van der Waals surface area contributed by atoms with E-state index in [1.54, 1.807) is 0 Å². The molecule has 3 unspecified atom stereocenters. The highest BCUT2D eigenvalue weighted by Crippen LogP contribution is 2.34. The maximum Gasteiger partial charge on any atom is 0.112 e. The first-order valence-corrected chi connectivity index (χ1v) is 5.70. The van der Waals surface area contributed by atoms with Gasteiger partial charge in [-0.1, -0.05) is 5.11 Å². The summed E-state index contributed by atoms with van der Waals surface area (Å²) >= 11 is 0. The van der Waals surface area contributed by atoms with Crippen molar-refractivity contribution in [1.29, 1.82) is 5.26 Å². The summed E-state index contributed by atoms with van der Waals surface area (Å²) in [5.41, 5.74) is 7.80. The summed E-state index contributed by atoms with van der Waals surface area (Å²) < 4.78 is 0. The number of rotatable bonds is 4. The van der Waals surface area contributed by atoms with Crippen LogP contribution in [-0.4, -0.2) is 43.2 Å². The van der Waals surface area contributed by atoms with Gasteiger partial charge in [-0.2, -0.15) is 5.26 Å². The smallest absolute Gasteiger partial charge is 0.112 e. The topological polar surface area (TPSA) is 87.8 Å². The molecule has 2 heterocycles. The van der Waals surface area contributed by atoms with Gasteiger partial charge in [-0.3, -0.25) is 5.32 Å². The molecule has 0 spiro atoms. The minimum absolute atomic E-state index is 0.391. The van der Waals surface area contributed by atoms with Crippen molar-refractivity contribution in [3.8, 4) is 6.07 Å². The van der Waals surface area contributed by atoms with Crippen LogP contribution in [-0.2, 0) is 0 Å². The molecule has 86 valence electrons. The lowest BCUT2D eigenvalue weighted by Crippen LogP contribution is -2.55. The monoisotopic (exact) mass is 220 g/mol. The van der Waals surface area contributed by atoms with Crippen molar-refractivity contribution in [2.24, 2.45) is 11.0 Å². The zero-order chi connectivity index (χ0) is 11.4. The van der Waals surface area contributed by atoms with Gasteiger partial charge in [0.05, 0.1) is 6.07 Å². The van der Waals surface area contributed by atoms with E-state index >= 15 is 0 Å². The van der Waals surface area contributed by atoms with E-state index in [1.807, 2.05) is 0 Å². The first-order valence-electron chi connectivity index (χ1n) is 5.70. The largest absolute Gasteiger partial charge is 0.303 e. The molecule has 2 saturated heterocycles. The lowest BCUT2D eigenvalue weighted by atomic mass is 9.80. The van der Waals surface area contributed by atoms with Crippen LogP contribution in [0.15, 0.2) is 5.11 Å². The van der Waals surface area contributed by atoms with Crippen LogP contribution in [0.2, 0.25) is 0 Å². The van der Waals surface area contributed by atoms with Crippen LogP contribution in [0, 0.1) is 17.2 Å². The Bertz CT molecular complexity index is 342. The summed E-state index contributed by atoms with van der Waals surface area (Å²) in [4.78, 5) is 5.12. The van der Waals surface area contributed by atoms with E-state index in [2.05, 4.69) is 26.3 Å². The van der Waals surface area contributed by atoms with Crippen molar-refractivity contribution < 1.29 is 0 Å². The molecule has 0 aromatic carbocycles. The highest BCUT2D eigenvalue weighted by Gasteiger charge is 2.46. The summed E-state index contributed by atoms with van der Waals surface area (Å²) in [5.74, 6) is 0.428. The zero-order valence-electron chi connectivity index (χ0n) is 9.26. The molecule has 6 heteroatoms. The third-order valence-electron chi connectivity index (χ3n) is 3.71. The number of azide groups is 1. The lowest BCUT2D eigenvalue weighted by molar-refractivity contribution is 0.176. The molecule has 2 bridgehead atoms. The molecule has 2 fully saturated rings. The average Bonchev–Trinajstić information content (AvgIpc) is 2.73. The van der Waals surface area contributed by atoms with Gasteiger partial charge in [-0.25, -0.2) is 0 Å². The van der Waals surface area contributed by atoms with Crippen molar-refractivity contribution in [2.45, 2.75) is 18.4 Å². The minimum Gasteiger partial charge on any atom is -0.303 e.